The van der Waals surface area contributed by atoms with Crippen molar-refractivity contribution in [3.8, 4) is 5.75 Å². The number of aliphatic hydroxyl groups excluding tert-OH is 1. The van der Waals surface area contributed by atoms with Crippen LogP contribution in [-0.4, -0.2) is 24.9 Å². The number of rotatable bonds is 7. The number of aliphatic hydroxyl groups is 1. The van der Waals surface area contributed by atoms with E-state index in [2.05, 4.69) is 5.32 Å². The van der Waals surface area contributed by atoms with Gasteiger partial charge in [-0.15, -0.1) is 0 Å². The predicted octanol–water partition coefficient (Wildman–Crippen LogP) is 1.85. The molecule has 0 aliphatic rings. The third kappa shape index (κ3) is 3.98. The van der Waals surface area contributed by atoms with Crippen LogP contribution in [0.2, 0.25) is 0 Å². The van der Waals surface area contributed by atoms with Crippen molar-refractivity contribution < 1.29 is 9.84 Å². The van der Waals surface area contributed by atoms with Gasteiger partial charge in [0.1, 0.15) is 5.75 Å². The van der Waals surface area contributed by atoms with E-state index in [1.165, 1.54) is 0 Å². The van der Waals surface area contributed by atoms with E-state index in [9.17, 15) is 0 Å². The first-order chi connectivity index (χ1) is 7.77. The largest absolute Gasteiger partial charge is 0.492 e. The van der Waals surface area contributed by atoms with Gasteiger partial charge in [0.15, 0.2) is 0 Å². The van der Waals surface area contributed by atoms with Crippen LogP contribution >= 0.6 is 0 Å². The SMILES string of the molecule is CCOc1cc(NCCCCO)ccc1N. The lowest BCUT2D eigenvalue weighted by atomic mass is 10.2. The summed E-state index contributed by atoms with van der Waals surface area (Å²) in [6.07, 6.45) is 1.77. The van der Waals surface area contributed by atoms with Crippen LogP contribution in [0.15, 0.2) is 18.2 Å². The van der Waals surface area contributed by atoms with E-state index < -0.39 is 0 Å². The van der Waals surface area contributed by atoms with Gasteiger partial charge in [0.2, 0.25) is 0 Å². The van der Waals surface area contributed by atoms with Crippen molar-refractivity contribution >= 4 is 11.4 Å². The van der Waals surface area contributed by atoms with Gasteiger partial charge in [-0.1, -0.05) is 0 Å². The zero-order valence-electron chi connectivity index (χ0n) is 9.70. The summed E-state index contributed by atoms with van der Waals surface area (Å²) in [7, 11) is 0. The van der Waals surface area contributed by atoms with Crippen molar-refractivity contribution in [3.05, 3.63) is 18.2 Å². The van der Waals surface area contributed by atoms with Crippen LogP contribution in [0.4, 0.5) is 11.4 Å². The van der Waals surface area contributed by atoms with Crippen molar-refractivity contribution in [1.29, 1.82) is 0 Å². The zero-order chi connectivity index (χ0) is 11.8. The van der Waals surface area contributed by atoms with Crippen molar-refractivity contribution in [2.24, 2.45) is 0 Å². The van der Waals surface area contributed by atoms with Crippen LogP contribution < -0.4 is 15.8 Å². The minimum absolute atomic E-state index is 0.244. The molecule has 0 atom stereocenters. The number of hydrogen-bond donors (Lipinski definition) is 3. The van der Waals surface area contributed by atoms with E-state index in [0.29, 0.717) is 12.3 Å². The minimum Gasteiger partial charge on any atom is -0.492 e. The maximum atomic E-state index is 8.65. The van der Waals surface area contributed by atoms with Gasteiger partial charge in [-0.25, -0.2) is 0 Å². The highest BCUT2D eigenvalue weighted by molar-refractivity contribution is 5.61. The Hall–Kier alpha value is -1.42. The Morgan fingerprint density at radius 2 is 2.19 bits per heavy atom. The van der Waals surface area contributed by atoms with Gasteiger partial charge < -0.3 is 20.9 Å². The normalized spacial score (nSPS) is 10.1. The Kier molecular flexibility index (Phi) is 5.50. The Morgan fingerprint density at radius 3 is 2.88 bits per heavy atom. The highest BCUT2D eigenvalue weighted by Gasteiger charge is 2.01. The summed E-state index contributed by atoms with van der Waals surface area (Å²) < 4.78 is 5.40. The van der Waals surface area contributed by atoms with Gasteiger partial charge in [-0.05, 0) is 31.9 Å². The molecule has 1 rings (SSSR count). The fourth-order valence-corrected chi connectivity index (χ4v) is 1.39. The number of ether oxygens (including phenoxy) is 1. The summed E-state index contributed by atoms with van der Waals surface area (Å²) in [4.78, 5) is 0. The van der Waals surface area contributed by atoms with Crippen molar-refractivity contribution in [2.45, 2.75) is 19.8 Å². The molecule has 0 saturated carbocycles. The molecule has 0 unspecified atom stereocenters. The van der Waals surface area contributed by atoms with Crippen molar-refractivity contribution in [3.63, 3.8) is 0 Å². The molecule has 4 N–H and O–H groups in total. The van der Waals surface area contributed by atoms with Gasteiger partial charge in [0.25, 0.3) is 0 Å². The van der Waals surface area contributed by atoms with Crippen LogP contribution in [0.5, 0.6) is 5.75 Å². The van der Waals surface area contributed by atoms with E-state index in [1.54, 1.807) is 0 Å². The topological polar surface area (TPSA) is 67.5 Å². The van der Waals surface area contributed by atoms with Crippen LogP contribution in [0, 0.1) is 0 Å². The van der Waals surface area contributed by atoms with Crippen LogP contribution in [0.3, 0.4) is 0 Å². The number of nitrogens with one attached hydrogen (secondary N) is 1. The first-order valence-corrected chi connectivity index (χ1v) is 5.65. The van der Waals surface area contributed by atoms with Gasteiger partial charge >= 0.3 is 0 Å². The standard InChI is InChI=1S/C12H20N2O2/c1-2-16-12-9-10(5-6-11(12)13)14-7-3-4-8-15/h5-6,9,14-15H,2-4,7-8,13H2,1H3. The average Bonchev–Trinajstić information content (AvgIpc) is 2.29. The molecule has 90 valence electrons. The molecular weight excluding hydrogens is 204 g/mol. The molecule has 0 fully saturated rings. The fraction of sp³-hybridized carbons (Fsp3) is 0.500. The molecule has 0 saturated heterocycles. The molecule has 0 aliphatic heterocycles. The average molecular weight is 224 g/mol. The van der Waals surface area contributed by atoms with Crippen LogP contribution in [0.1, 0.15) is 19.8 Å². The Labute approximate surface area is 96.4 Å². The predicted molar refractivity (Wildman–Crippen MR) is 66.8 cm³/mol. The minimum atomic E-state index is 0.244. The number of hydrogen-bond acceptors (Lipinski definition) is 4. The third-order valence-electron chi connectivity index (χ3n) is 2.23. The molecule has 1 aromatic carbocycles. The number of nitrogen functional groups attached to an aromatic ring is 1. The van der Waals surface area contributed by atoms with E-state index in [-0.39, 0.29) is 6.61 Å². The second-order valence-electron chi connectivity index (χ2n) is 3.54. The molecule has 0 aliphatic carbocycles. The summed E-state index contributed by atoms with van der Waals surface area (Å²) in [5, 5.41) is 11.9. The molecule has 0 heterocycles. The van der Waals surface area contributed by atoms with Gasteiger partial charge in [0.05, 0.1) is 12.3 Å². The lowest BCUT2D eigenvalue weighted by molar-refractivity contribution is 0.286. The smallest absolute Gasteiger partial charge is 0.144 e. The third-order valence-corrected chi connectivity index (χ3v) is 2.23. The van der Waals surface area contributed by atoms with E-state index in [0.717, 1.165) is 30.8 Å². The second kappa shape index (κ2) is 6.95. The second-order valence-corrected chi connectivity index (χ2v) is 3.54. The Bertz CT molecular complexity index is 316. The lowest BCUT2D eigenvalue weighted by Gasteiger charge is -2.10. The number of nitrogens with two attached hydrogens (primary N) is 1. The molecule has 0 spiro atoms. The molecule has 4 heteroatoms. The number of anilines is 2. The van der Waals surface area contributed by atoms with E-state index in [4.69, 9.17) is 15.6 Å². The first-order valence-electron chi connectivity index (χ1n) is 5.65. The summed E-state index contributed by atoms with van der Waals surface area (Å²) >= 11 is 0. The molecule has 0 bridgehead atoms. The molecule has 4 nitrogen and oxygen atoms in total. The molecular formula is C12H20N2O2. The summed E-state index contributed by atoms with van der Waals surface area (Å²) in [6, 6.07) is 5.66. The number of benzene rings is 1. The van der Waals surface area contributed by atoms with Crippen LogP contribution in [-0.2, 0) is 0 Å². The molecule has 0 amide bonds. The van der Waals surface area contributed by atoms with Crippen molar-refractivity contribution in [2.75, 3.05) is 30.8 Å². The maximum Gasteiger partial charge on any atom is 0.144 e. The zero-order valence-corrected chi connectivity index (χ0v) is 9.70. The highest BCUT2D eigenvalue weighted by atomic mass is 16.5. The molecule has 0 radical (unpaired) electrons. The Balaban J connectivity index is 2.50. The fourth-order valence-electron chi connectivity index (χ4n) is 1.39. The first kappa shape index (κ1) is 12.6. The summed E-state index contributed by atoms with van der Waals surface area (Å²) in [5.41, 5.74) is 7.42. The van der Waals surface area contributed by atoms with Crippen molar-refractivity contribution in [1.82, 2.24) is 0 Å². The van der Waals surface area contributed by atoms with E-state index >= 15 is 0 Å². The monoisotopic (exact) mass is 224 g/mol. The molecule has 1 aromatic rings. The highest BCUT2D eigenvalue weighted by Crippen LogP contribution is 2.25. The van der Waals surface area contributed by atoms with Gasteiger partial charge in [-0.3, -0.25) is 0 Å². The summed E-state index contributed by atoms with van der Waals surface area (Å²) in [6.45, 7) is 3.63. The van der Waals surface area contributed by atoms with Crippen LogP contribution in [0.25, 0.3) is 0 Å². The molecule has 0 aromatic heterocycles. The summed E-state index contributed by atoms with van der Waals surface area (Å²) in [5.74, 6) is 0.717. The molecule has 16 heavy (non-hydrogen) atoms. The lowest BCUT2D eigenvalue weighted by Crippen LogP contribution is -2.03. The maximum absolute atomic E-state index is 8.65. The van der Waals surface area contributed by atoms with Gasteiger partial charge in [-0.2, -0.15) is 0 Å². The quantitative estimate of drug-likeness (QED) is 0.488. The van der Waals surface area contributed by atoms with E-state index in [1.807, 2.05) is 25.1 Å². The number of unbranched alkanes of at least 4 members (excludes halogenated alkanes) is 1. The van der Waals surface area contributed by atoms with Gasteiger partial charge in [0, 0.05) is 24.9 Å². The Morgan fingerprint density at radius 1 is 1.38 bits per heavy atom.